The number of urea groups is 1. The topological polar surface area (TPSA) is 103 Å². The number of nitrogens with zero attached hydrogens (tertiary/aromatic N) is 1. The van der Waals surface area contributed by atoms with Crippen LogP contribution in [0.1, 0.15) is 70.5 Å². The minimum absolute atomic E-state index is 0.0279. The van der Waals surface area contributed by atoms with E-state index in [1.807, 2.05) is 101 Å². The summed E-state index contributed by atoms with van der Waals surface area (Å²) in [7, 11) is 0. The first kappa shape index (κ1) is 30.6. The van der Waals surface area contributed by atoms with Crippen LogP contribution in [0.3, 0.4) is 0 Å². The van der Waals surface area contributed by atoms with Crippen molar-refractivity contribution in [1.29, 1.82) is 0 Å². The minimum Gasteiger partial charge on any atom is -0.383 e. The Bertz CT molecular complexity index is 1350. The Morgan fingerprint density at radius 2 is 1.48 bits per heavy atom. The van der Waals surface area contributed by atoms with E-state index in [0.717, 1.165) is 16.8 Å². The van der Waals surface area contributed by atoms with E-state index in [1.165, 1.54) is 0 Å². The van der Waals surface area contributed by atoms with Crippen LogP contribution in [0.5, 0.6) is 0 Å². The fraction of sp³-hybridized carbons (Fsp3) is 0.382. The molecule has 4 amide bonds. The molecule has 0 aromatic heterocycles. The summed E-state index contributed by atoms with van der Waals surface area (Å²) >= 11 is 0. The summed E-state index contributed by atoms with van der Waals surface area (Å²) in [4.78, 5) is 42.4. The van der Waals surface area contributed by atoms with Crippen LogP contribution in [0.4, 0.5) is 16.2 Å². The van der Waals surface area contributed by atoms with E-state index < -0.39 is 17.6 Å². The third-order valence-corrected chi connectivity index (χ3v) is 7.15. The molecule has 3 unspecified atom stereocenters. The van der Waals surface area contributed by atoms with Gasteiger partial charge in [0, 0.05) is 23.0 Å². The highest BCUT2D eigenvalue weighted by atomic mass is 16.2. The van der Waals surface area contributed by atoms with E-state index in [2.05, 4.69) is 33.4 Å². The van der Waals surface area contributed by atoms with E-state index in [4.69, 9.17) is 0 Å². The number of likely N-dealkylation sites (tertiary alicyclic amines) is 1. The van der Waals surface area contributed by atoms with Crippen molar-refractivity contribution >= 4 is 29.2 Å². The predicted molar refractivity (Wildman–Crippen MR) is 168 cm³/mol. The van der Waals surface area contributed by atoms with Crippen molar-refractivity contribution in [2.24, 2.45) is 0 Å². The number of carbonyl (C=O) groups is 3. The first-order valence-electron chi connectivity index (χ1n) is 14.6. The molecule has 0 bridgehead atoms. The Balaban J connectivity index is 1.65. The molecule has 4 N–H and O–H groups in total. The molecule has 0 saturated carbocycles. The van der Waals surface area contributed by atoms with Crippen LogP contribution in [0.15, 0.2) is 84.9 Å². The Morgan fingerprint density at radius 3 is 2.10 bits per heavy atom. The number of hydrogen-bond donors (Lipinski definition) is 4. The summed E-state index contributed by atoms with van der Waals surface area (Å²) in [6.07, 6.45) is 1.03. The fourth-order valence-electron chi connectivity index (χ4n) is 5.49. The summed E-state index contributed by atoms with van der Waals surface area (Å²) < 4.78 is 0. The number of nitrogens with one attached hydrogen (secondary N) is 4. The standard InChI is InChI=1S/C34H43N5O3/c1-23(2)35-27-17-12-18-28(21-27)36-33(42)37-29-19-26(24-13-8-6-9-14-24)20-30(25-15-10-7-11-16-25)39(32(29)41)22-31(40)38-34(3,4)5/h6-18,21,23,26,29-30,35H,19-20,22H2,1-5H3,(H,38,40)(H2,36,37,42). The van der Waals surface area contributed by atoms with Gasteiger partial charge in [-0.25, -0.2) is 4.79 Å². The number of anilines is 2. The van der Waals surface area contributed by atoms with E-state index in [0.29, 0.717) is 18.5 Å². The molecule has 3 aromatic carbocycles. The van der Waals surface area contributed by atoms with Gasteiger partial charge in [0.25, 0.3) is 0 Å². The van der Waals surface area contributed by atoms with Crippen LogP contribution in [0.2, 0.25) is 0 Å². The smallest absolute Gasteiger partial charge is 0.319 e. The molecule has 0 spiro atoms. The minimum atomic E-state index is -0.830. The fourth-order valence-corrected chi connectivity index (χ4v) is 5.49. The van der Waals surface area contributed by atoms with E-state index in [-0.39, 0.29) is 36.4 Å². The predicted octanol–water partition coefficient (Wildman–Crippen LogP) is 6.06. The van der Waals surface area contributed by atoms with Gasteiger partial charge in [-0.2, -0.15) is 0 Å². The second-order valence-electron chi connectivity index (χ2n) is 12.3. The lowest BCUT2D eigenvalue weighted by molar-refractivity contribution is -0.139. The van der Waals surface area contributed by atoms with Gasteiger partial charge in [0.2, 0.25) is 11.8 Å². The van der Waals surface area contributed by atoms with Gasteiger partial charge in [0.05, 0.1) is 6.04 Å². The molecule has 1 fully saturated rings. The Labute approximate surface area is 249 Å². The Kier molecular flexibility index (Phi) is 9.88. The van der Waals surface area contributed by atoms with Gasteiger partial charge in [-0.1, -0.05) is 66.7 Å². The van der Waals surface area contributed by atoms with Crippen LogP contribution in [-0.4, -0.2) is 46.9 Å². The highest BCUT2D eigenvalue weighted by Crippen LogP contribution is 2.39. The molecule has 222 valence electrons. The number of rotatable bonds is 8. The first-order valence-corrected chi connectivity index (χ1v) is 14.6. The highest BCUT2D eigenvalue weighted by molar-refractivity contribution is 5.95. The maximum atomic E-state index is 14.3. The lowest BCUT2D eigenvalue weighted by atomic mass is 9.86. The monoisotopic (exact) mass is 569 g/mol. The van der Waals surface area contributed by atoms with Crippen molar-refractivity contribution < 1.29 is 14.4 Å². The van der Waals surface area contributed by atoms with Crippen molar-refractivity contribution in [2.45, 2.75) is 77.0 Å². The molecule has 0 aliphatic carbocycles. The second kappa shape index (κ2) is 13.6. The maximum absolute atomic E-state index is 14.3. The first-order chi connectivity index (χ1) is 20.0. The third kappa shape index (κ3) is 8.59. The second-order valence-corrected chi connectivity index (χ2v) is 12.3. The molecule has 1 heterocycles. The molecular formula is C34H43N5O3. The van der Waals surface area contributed by atoms with Crippen molar-refractivity contribution in [2.75, 3.05) is 17.2 Å². The quantitative estimate of drug-likeness (QED) is 0.265. The molecule has 4 rings (SSSR count). The molecule has 0 radical (unpaired) electrons. The van der Waals surface area contributed by atoms with E-state index >= 15 is 0 Å². The molecule has 1 saturated heterocycles. The van der Waals surface area contributed by atoms with Gasteiger partial charge in [0.1, 0.15) is 12.6 Å². The van der Waals surface area contributed by atoms with Gasteiger partial charge in [-0.15, -0.1) is 0 Å². The lowest BCUT2D eigenvalue weighted by Crippen LogP contribution is -2.53. The van der Waals surface area contributed by atoms with Crippen molar-refractivity contribution in [3.63, 3.8) is 0 Å². The normalized spacial score (nSPS) is 19.1. The number of amides is 4. The van der Waals surface area contributed by atoms with Gasteiger partial charge < -0.3 is 26.2 Å². The molecule has 8 nitrogen and oxygen atoms in total. The van der Waals surface area contributed by atoms with Crippen molar-refractivity contribution in [3.8, 4) is 0 Å². The lowest BCUT2D eigenvalue weighted by Gasteiger charge is -2.33. The van der Waals surface area contributed by atoms with Crippen LogP contribution in [0, 0.1) is 0 Å². The maximum Gasteiger partial charge on any atom is 0.319 e. The number of hydrogen-bond acceptors (Lipinski definition) is 4. The summed E-state index contributed by atoms with van der Waals surface area (Å²) in [6, 6.07) is 25.9. The molecule has 3 aromatic rings. The van der Waals surface area contributed by atoms with Gasteiger partial charge >= 0.3 is 6.03 Å². The van der Waals surface area contributed by atoms with Crippen LogP contribution in [0.25, 0.3) is 0 Å². The highest BCUT2D eigenvalue weighted by Gasteiger charge is 2.40. The van der Waals surface area contributed by atoms with Gasteiger partial charge in [0.15, 0.2) is 0 Å². The Hall–Kier alpha value is -4.33. The van der Waals surface area contributed by atoms with Crippen molar-refractivity contribution in [1.82, 2.24) is 15.5 Å². The zero-order valence-electron chi connectivity index (χ0n) is 25.2. The molecular weight excluding hydrogens is 526 g/mol. The average Bonchev–Trinajstić information content (AvgIpc) is 3.05. The van der Waals surface area contributed by atoms with Crippen LogP contribution >= 0.6 is 0 Å². The zero-order chi connectivity index (χ0) is 30.3. The molecule has 1 aliphatic rings. The van der Waals surface area contributed by atoms with E-state index in [1.54, 1.807) is 11.0 Å². The number of carbonyl (C=O) groups excluding carboxylic acids is 3. The summed E-state index contributed by atoms with van der Waals surface area (Å²) in [5.74, 6) is -0.552. The van der Waals surface area contributed by atoms with Gasteiger partial charge in [-0.05, 0) is 82.7 Å². The van der Waals surface area contributed by atoms with Crippen molar-refractivity contribution in [3.05, 3.63) is 96.1 Å². The molecule has 3 atom stereocenters. The van der Waals surface area contributed by atoms with E-state index in [9.17, 15) is 14.4 Å². The average molecular weight is 570 g/mol. The van der Waals surface area contributed by atoms with Crippen LogP contribution in [-0.2, 0) is 9.59 Å². The molecule has 42 heavy (non-hydrogen) atoms. The number of benzene rings is 3. The molecule has 8 heteroatoms. The van der Waals surface area contributed by atoms with Crippen LogP contribution < -0.4 is 21.3 Å². The SMILES string of the molecule is CC(C)Nc1cccc(NC(=O)NC2CC(c3ccccc3)CC(c3ccccc3)N(CC(=O)NC(C)(C)C)C2=O)c1. The molecule has 1 aliphatic heterocycles. The summed E-state index contributed by atoms with van der Waals surface area (Å²) in [6.45, 7) is 9.72. The summed E-state index contributed by atoms with van der Waals surface area (Å²) in [5.41, 5.74) is 3.10. The Morgan fingerprint density at radius 1 is 0.857 bits per heavy atom. The van der Waals surface area contributed by atoms with Gasteiger partial charge in [-0.3, -0.25) is 9.59 Å². The zero-order valence-corrected chi connectivity index (χ0v) is 25.2. The largest absolute Gasteiger partial charge is 0.383 e. The summed E-state index contributed by atoms with van der Waals surface area (Å²) in [5, 5.41) is 12.2. The third-order valence-electron chi connectivity index (χ3n) is 7.15.